The molecule has 3 nitrogen and oxygen atoms in total. The second-order valence-corrected chi connectivity index (χ2v) is 2.69. The second-order valence-electron chi connectivity index (χ2n) is 2.69. The van der Waals surface area contributed by atoms with Crippen molar-refractivity contribution in [3.05, 3.63) is 6.92 Å². The summed E-state index contributed by atoms with van der Waals surface area (Å²) < 4.78 is 9.52. The van der Waals surface area contributed by atoms with Crippen molar-refractivity contribution in [2.45, 2.75) is 32.3 Å². The molecule has 1 radical (unpaired) electrons. The molecule has 0 spiro atoms. The van der Waals surface area contributed by atoms with Crippen LogP contribution >= 0.6 is 0 Å². The van der Waals surface area contributed by atoms with Crippen molar-refractivity contribution < 1.29 is 14.3 Å². The molecule has 0 aliphatic heterocycles. The highest BCUT2D eigenvalue weighted by molar-refractivity contribution is 5.70. The number of hydrogen-bond donors (Lipinski definition) is 0. The smallest absolute Gasteiger partial charge is 0.332 e. The molecule has 0 aliphatic rings. The fourth-order valence-electron chi connectivity index (χ4n) is 0.828. The molecule has 0 fully saturated rings. The number of methoxy groups -OCH3 is 1. The average molecular weight is 173 g/mol. The van der Waals surface area contributed by atoms with Gasteiger partial charge in [0.2, 0.25) is 0 Å². The molecule has 0 aromatic heterocycles. The predicted octanol–water partition coefficient (Wildman–Crippen LogP) is 1.57. The Hall–Kier alpha value is -0.570. The van der Waals surface area contributed by atoms with Crippen LogP contribution in [0.25, 0.3) is 0 Å². The monoisotopic (exact) mass is 173 g/mol. The first-order valence-electron chi connectivity index (χ1n) is 4.22. The quantitative estimate of drug-likeness (QED) is 0.572. The summed E-state index contributed by atoms with van der Waals surface area (Å²) in [4.78, 5) is 10.8. The lowest BCUT2D eigenvalue weighted by Gasteiger charge is -2.11. The normalized spacial score (nSPS) is 12.6. The minimum atomic E-state index is -0.339. The molecular weight excluding hydrogens is 156 g/mol. The maximum Gasteiger partial charge on any atom is 0.332 e. The van der Waals surface area contributed by atoms with Crippen molar-refractivity contribution in [2.75, 3.05) is 13.7 Å². The third-order valence-electron chi connectivity index (χ3n) is 1.44. The van der Waals surface area contributed by atoms with E-state index < -0.39 is 0 Å². The minimum Gasteiger partial charge on any atom is -0.461 e. The summed E-state index contributed by atoms with van der Waals surface area (Å²) in [6, 6.07) is 0. The van der Waals surface area contributed by atoms with E-state index in [1.807, 2.05) is 0 Å². The van der Waals surface area contributed by atoms with Gasteiger partial charge in [-0.15, -0.1) is 0 Å². The second kappa shape index (κ2) is 7.10. The average Bonchev–Trinajstić information content (AvgIpc) is 2.01. The molecule has 0 saturated heterocycles. The van der Waals surface area contributed by atoms with Gasteiger partial charge in [0, 0.05) is 7.11 Å². The Labute approximate surface area is 74.0 Å². The van der Waals surface area contributed by atoms with E-state index in [0.717, 1.165) is 19.3 Å². The number of hydrogen-bond acceptors (Lipinski definition) is 3. The molecule has 0 bridgehead atoms. The lowest BCUT2D eigenvalue weighted by Crippen LogP contribution is -2.18. The van der Waals surface area contributed by atoms with Gasteiger partial charge in [-0.25, -0.2) is 4.79 Å². The van der Waals surface area contributed by atoms with Crippen molar-refractivity contribution in [3.8, 4) is 0 Å². The fourth-order valence-corrected chi connectivity index (χ4v) is 0.828. The van der Waals surface area contributed by atoms with Crippen LogP contribution in [0.3, 0.4) is 0 Å². The molecule has 1 unspecified atom stereocenters. The lowest BCUT2D eigenvalue weighted by atomic mass is 10.2. The number of carbonyl (C=O) groups is 1. The van der Waals surface area contributed by atoms with Gasteiger partial charge in [-0.1, -0.05) is 19.8 Å². The molecule has 12 heavy (non-hydrogen) atoms. The first-order chi connectivity index (χ1) is 5.70. The SMILES string of the molecule is [CH2]C(CCCC)OC(=O)COC. The van der Waals surface area contributed by atoms with E-state index in [1.165, 1.54) is 7.11 Å². The Balaban J connectivity index is 3.40. The van der Waals surface area contributed by atoms with Gasteiger partial charge in [-0.05, 0) is 13.3 Å². The van der Waals surface area contributed by atoms with Gasteiger partial charge in [0.15, 0.2) is 0 Å². The summed E-state index contributed by atoms with van der Waals surface area (Å²) in [5.74, 6) is -0.339. The van der Waals surface area contributed by atoms with Gasteiger partial charge in [-0.2, -0.15) is 0 Å². The first kappa shape index (κ1) is 11.4. The predicted molar refractivity (Wildman–Crippen MR) is 46.6 cm³/mol. The maximum atomic E-state index is 10.8. The van der Waals surface area contributed by atoms with Gasteiger partial charge < -0.3 is 9.47 Å². The van der Waals surface area contributed by atoms with Crippen molar-refractivity contribution in [3.63, 3.8) is 0 Å². The van der Waals surface area contributed by atoms with E-state index in [4.69, 9.17) is 4.74 Å². The third-order valence-corrected chi connectivity index (χ3v) is 1.44. The molecule has 0 N–H and O–H groups in total. The Kier molecular flexibility index (Phi) is 6.76. The van der Waals surface area contributed by atoms with Crippen LogP contribution in [-0.4, -0.2) is 25.8 Å². The molecule has 3 heteroatoms. The number of carbonyl (C=O) groups excluding carboxylic acids is 1. The Morgan fingerprint density at radius 2 is 2.25 bits per heavy atom. The zero-order valence-electron chi connectivity index (χ0n) is 7.84. The van der Waals surface area contributed by atoms with E-state index >= 15 is 0 Å². The van der Waals surface area contributed by atoms with Crippen LogP contribution in [0.1, 0.15) is 26.2 Å². The summed E-state index contributed by atoms with van der Waals surface area (Å²) in [5.41, 5.74) is 0. The van der Waals surface area contributed by atoms with Crippen LogP contribution in [0.5, 0.6) is 0 Å². The highest BCUT2D eigenvalue weighted by atomic mass is 16.6. The highest BCUT2D eigenvalue weighted by Gasteiger charge is 2.07. The molecular formula is C9H17O3. The molecule has 0 aromatic rings. The van der Waals surface area contributed by atoms with Crippen LogP contribution in [-0.2, 0) is 14.3 Å². The first-order valence-corrected chi connectivity index (χ1v) is 4.22. The molecule has 0 aliphatic carbocycles. The maximum absolute atomic E-state index is 10.8. The topological polar surface area (TPSA) is 35.5 Å². The number of rotatable bonds is 6. The van der Waals surface area contributed by atoms with Gasteiger partial charge in [0.05, 0.1) is 0 Å². The zero-order chi connectivity index (χ0) is 9.40. The number of ether oxygens (including phenoxy) is 2. The molecule has 1 atom stereocenters. The highest BCUT2D eigenvalue weighted by Crippen LogP contribution is 2.03. The Morgan fingerprint density at radius 3 is 2.75 bits per heavy atom. The van der Waals surface area contributed by atoms with Gasteiger partial charge in [-0.3, -0.25) is 0 Å². The molecule has 0 rings (SSSR count). The summed E-state index contributed by atoms with van der Waals surface area (Å²) in [6.45, 7) is 5.80. The largest absolute Gasteiger partial charge is 0.461 e. The molecule has 0 amide bonds. The number of esters is 1. The zero-order valence-corrected chi connectivity index (χ0v) is 7.84. The van der Waals surface area contributed by atoms with Crippen LogP contribution in [0, 0.1) is 6.92 Å². The van der Waals surface area contributed by atoms with E-state index in [2.05, 4.69) is 18.6 Å². The van der Waals surface area contributed by atoms with Crippen molar-refractivity contribution >= 4 is 5.97 Å². The Morgan fingerprint density at radius 1 is 1.58 bits per heavy atom. The Bertz CT molecular complexity index is 123. The van der Waals surface area contributed by atoms with E-state index in [1.54, 1.807) is 0 Å². The van der Waals surface area contributed by atoms with E-state index in [9.17, 15) is 4.79 Å². The lowest BCUT2D eigenvalue weighted by molar-refractivity contribution is -0.151. The molecule has 0 saturated carbocycles. The van der Waals surface area contributed by atoms with Gasteiger partial charge >= 0.3 is 5.97 Å². The number of unbranched alkanes of at least 4 members (excludes halogenated alkanes) is 1. The van der Waals surface area contributed by atoms with Crippen LogP contribution in [0.4, 0.5) is 0 Å². The van der Waals surface area contributed by atoms with Gasteiger partial charge in [0.25, 0.3) is 0 Å². The molecule has 0 aromatic carbocycles. The van der Waals surface area contributed by atoms with Crippen LogP contribution in [0.15, 0.2) is 0 Å². The van der Waals surface area contributed by atoms with Crippen LogP contribution in [0.2, 0.25) is 0 Å². The minimum absolute atomic E-state index is 0.0120. The van der Waals surface area contributed by atoms with Crippen LogP contribution < -0.4 is 0 Å². The standard InChI is InChI=1S/C9H17O3/c1-4-5-6-8(2)12-9(10)7-11-3/h8H,2,4-7H2,1,3H3. The van der Waals surface area contributed by atoms with Crippen molar-refractivity contribution in [1.29, 1.82) is 0 Å². The van der Waals surface area contributed by atoms with Crippen molar-refractivity contribution in [1.82, 2.24) is 0 Å². The summed E-state index contributed by atoms with van der Waals surface area (Å²) >= 11 is 0. The molecule has 0 heterocycles. The van der Waals surface area contributed by atoms with Crippen molar-refractivity contribution in [2.24, 2.45) is 0 Å². The summed E-state index contributed by atoms with van der Waals surface area (Å²) in [6.07, 6.45) is 2.72. The fraction of sp³-hybridized carbons (Fsp3) is 0.778. The van der Waals surface area contributed by atoms with E-state index in [-0.39, 0.29) is 18.7 Å². The summed E-state index contributed by atoms with van der Waals surface area (Å²) in [7, 11) is 1.46. The molecule has 71 valence electrons. The summed E-state index contributed by atoms with van der Waals surface area (Å²) in [5, 5.41) is 0. The van der Waals surface area contributed by atoms with E-state index in [0.29, 0.717) is 0 Å². The third kappa shape index (κ3) is 6.16. The van der Waals surface area contributed by atoms with Gasteiger partial charge in [0.1, 0.15) is 12.7 Å².